The quantitative estimate of drug-likeness (QED) is 0.256. The normalized spacial score (nSPS) is 10.8. The number of nitro benzene ring substituents is 1. The number of ether oxygens (including phenoxy) is 1. The number of nitrogens with one attached hydrogen (secondary N) is 1. The van der Waals surface area contributed by atoms with Gasteiger partial charge < -0.3 is 10.1 Å². The number of halogens is 1. The van der Waals surface area contributed by atoms with Crippen molar-refractivity contribution in [2.75, 3.05) is 5.32 Å². The highest BCUT2D eigenvalue weighted by Gasteiger charge is 2.11. The predicted octanol–water partition coefficient (Wildman–Crippen LogP) is 4.86. The molecule has 3 aromatic carbocycles. The van der Waals surface area contributed by atoms with Gasteiger partial charge in [-0.25, -0.2) is 4.39 Å². The first kappa shape index (κ1) is 21.2. The van der Waals surface area contributed by atoms with E-state index in [0.717, 1.165) is 0 Å². The van der Waals surface area contributed by atoms with Gasteiger partial charge in [-0.15, -0.1) is 0 Å². The smallest absolute Gasteiger partial charge is 0.269 e. The van der Waals surface area contributed by atoms with Crippen LogP contribution >= 0.6 is 0 Å². The van der Waals surface area contributed by atoms with Gasteiger partial charge in [0.05, 0.1) is 4.92 Å². The van der Waals surface area contributed by atoms with Crippen LogP contribution in [0.5, 0.6) is 5.75 Å². The van der Waals surface area contributed by atoms with Crippen molar-refractivity contribution in [1.29, 1.82) is 5.26 Å². The third-order valence-corrected chi connectivity index (χ3v) is 4.24. The lowest BCUT2D eigenvalue weighted by atomic mass is 10.1. The molecule has 0 aliphatic carbocycles. The van der Waals surface area contributed by atoms with Crippen LogP contribution in [-0.2, 0) is 11.4 Å². The zero-order valence-electron chi connectivity index (χ0n) is 16.1. The minimum Gasteiger partial charge on any atom is -0.489 e. The molecule has 3 rings (SSSR count). The van der Waals surface area contributed by atoms with Crippen molar-refractivity contribution in [3.63, 3.8) is 0 Å². The van der Waals surface area contributed by atoms with Gasteiger partial charge >= 0.3 is 0 Å². The third-order valence-electron chi connectivity index (χ3n) is 4.24. The molecule has 31 heavy (non-hydrogen) atoms. The Bertz CT molecular complexity index is 1170. The van der Waals surface area contributed by atoms with Crippen molar-refractivity contribution in [2.45, 2.75) is 6.61 Å². The van der Waals surface area contributed by atoms with Gasteiger partial charge in [0.2, 0.25) is 0 Å². The fraction of sp³-hybridized carbons (Fsp3) is 0.0435. The van der Waals surface area contributed by atoms with Gasteiger partial charge in [-0.2, -0.15) is 5.26 Å². The van der Waals surface area contributed by atoms with Gasteiger partial charge in [-0.1, -0.05) is 30.3 Å². The van der Waals surface area contributed by atoms with Crippen LogP contribution in [-0.4, -0.2) is 10.8 Å². The minimum atomic E-state index is -0.642. The summed E-state index contributed by atoms with van der Waals surface area (Å²) in [7, 11) is 0. The molecule has 0 saturated heterocycles. The molecule has 0 spiro atoms. The summed E-state index contributed by atoms with van der Waals surface area (Å²) in [5.41, 5.74) is 1.10. The van der Waals surface area contributed by atoms with Crippen LogP contribution in [0.3, 0.4) is 0 Å². The van der Waals surface area contributed by atoms with Gasteiger partial charge in [0.1, 0.15) is 29.8 Å². The van der Waals surface area contributed by atoms with Crippen molar-refractivity contribution < 1.29 is 18.8 Å². The van der Waals surface area contributed by atoms with Crippen LogP contribution in [0.1, 0.15) is 11.1 Å². The average molecular weight is 417 g/mol. The number of non-ortho nitro benzene ring substituents is 1. The first-order valence-corrected chi connectivity index (χ1v) is 9.10. The number of rotatable bonds is 7. The number of nitriles is 1. The Hall–Kier alpha value is -4.51. The number of amides is 1. The highest BCUT2D eigenvalue weighted by atomic mass is 19.1. The lowest BCUT2D eigenvalue weighted by Gasteiger charge is -2.07. The Kier molecular flexibility index (Phi) is 6.71. The summed E-state index contributed by atoms with van der Waals surface area (Å²) in [6, 6.07) is 20.0. The van der Waals surface area contributed by atoms with E-state index in [1.165, 1.54) is 36.4 Å². The third kappa shape index (κ3) is 5.74. The number of anilines is 1. The number of nitrogens with zero attached hydrogens (tertiary/aromatic N) is 2. The Balaban J connectivity index is 1.64. The van der Waals surface area contributed by atoms with Gasteiger partial charge in [-0.05, 0) is 42.0 Å². The van der Waals surface area contributed by atoms with E-state index in [1.807, 2.05) is 6.07 Å². The van der Waals surface area contributed by atoms with Crippen molar-refractivity contribution in [2.24, 2.45) is 0 Å². The molecule has 1 amide bonds. The SMILES string of the molecule is N#C/C(=C\c1ccc(OCc2ccccc2F)cc1)C(=O)Nc1ccc([N+](=O)[O-])cc1. The van der Waals surface area contributed by atoms with E-state index < -0.39 is 10.8 Å². The van der Waals surface area contributed by atoms with E-state index in [9.17, 15) is 24.6 Å². The molecule has 7 nitrogen and oxygen atoms in total. The first-order valence-electron chi connectivity index (χ1n) is 9.10. The predicted molar refractivity (Wildman–Crippen MR) is 112 cm³/mol. The maximum Gasteiger partial charge on any atom is 0.269 e. The Morgan fingerprint density at radius 3 is 2.39 bits per heavy atom. The van der Waals surface area contributed by atoms with Gasteiger partial charge in [0.25, 0.3) is 11.6 Å². The average Bonchev–Trinajstić information content (AvgIpc) is 2.78. The zero-order valence-corrected chi connectivity index (χ0v) is 16.1. The van der Waals surface area contributed by atoms with Crippen molar-refractivity contribution >= 4 is 23.4 Å². The van der Waals surface area contributed by atoms with Crippen molar-refractivity contribution in [1.82, 2.24) is 0 Å². The first-order chi connectivity index (χ1) is 15.0. The molecule has 154 valence electrons. The summed E-state index contributed by atoms with van der Waals surface area (Å²) < 4.78 is 19.2. The van der Waals surface area contributed by atoms with E-state index in [-0.39, 0.29) is 23.7 Å². The van der Waals surface area contributed by atoms with E-state index in [0.29, 0.717) is 22.6 Å². The molecule has 0 saturated carbocycles. The second kappa shape index (κ2) is 9.80. The van der Waals surface area contributed by atoms with E-state index in [2.05, 4.69) is 5.32 Å². The Labute approximate surface area is 177 Å². The molecule has 0 bridgehead atoms. The Morgan fingerprint density at radius 1 is 1.10 bits per heavy atom. The number of carbonyl (C=O) groups excluding carboxylic acids is 1. The zero-order chi connectivity index (χ0) is 22.2. The van der Waals surface area contributed by atoms with Crippen LogP contribution < -0.4 is 10.1 Å². The van der Waals surface area contributed by atoms with Crippen molar-refractivity contribution in [3.8, 4) is 11.8 Å². The van der Waals surface area contributed by atoms with E-state index in [1.54, 1.807) is 42.5 Å². The van der Waals surface area contributed by atoms with Crippen molar-refractivity contribution in [3.05, 3.63) is 105 Å². The van der Waals surface area contributed by atoms with Gasteiger partial charge in [-0.3, -0.25) is 14.9 Å². The summed E-state index contributed by atoms with van der Waals surface area (Å²) in [6.07, 6.45) is 1.40. The molecule has 0 aromatic heterocycles. The molecule has 3 aromatic rings. The molecule has 0 fully saturated rings. The molecule has 0 aliphatic heterocycles. The molecular weight excluding hydrogens is 401 g/mol. The maximum absolute atomic E-state index is 13.6. The standard InChI is InChI=1S/C23H16FN3O4/c24-22-4-2-1-3-17(22)15-31-21-11-5-16(6-12-21)13-18(14-25)23(28)26-19-7-9-20(10-8-19)27(29)30/h1-13H,15H2,(H,26,28)/b18-13+. The minimum absolute atomic E-state index is 0.0724. The van der Waals surface area contributed by atoms with Gasteiger partial charge in [0, 0.05) is 23.4 Å². The molecule has 0 atom stereocenters. The summed E-state index contributed by atoms with van der Waals surface area (Å²) in [5.74, 6) is -0.481. The molecule has 0 radical (unpaired) electrons. The fourth-order valence-electron chi connectivity index (χ4n) is 2.62. The van der Waals surface area contributed by atoms with Crippen LogP contribution in [0.15, 0.2) is 78.4 Å². The van der Waals surface area contributed by atoms with Crippen LogP contribution in [0.2, 0.25) is 0 Å². The molecule has 0 heterocycles. The lowest BCUT2D eigenvalue weighted by molar-refractivity contribution is -0.384. The maximum atomic E-state index is 13.6. The number of nitro groups is 1. The summed E-state index contributed by atoms with van der Waals surface area (Å²) in [6.45, 7) is 0.0724. The molecular formula is C23H16FN3O4. The van der Waals surface area contributed by atoms with Crippen LogP contribution in [0.4, 0.5) is 15.8 Å². The number of carbonyl (C=O) groups is 1. The highest BCUT2D eigenvalue weighted by molar-refractivity contribution is 6.09. The second-order valence-corrected chi connectivity index (χ2v) is 6.38. The van der Waals surface area contributed by atoms with Crippen LogP contribution in [0, 0.1) is 27.3 Å². The number of hydrogen-bond acceptors (Lipinski definition) is 5. The second-order valence-electron chi connectivity index (χ2n) is 6.38. The fourth-order valence-corrected chi connectivity index (χ4v) is 2.62. The topological polar surface area (TPSA) is 105 Å². The summed E-state index contributed by atoms with van der Waals surface area (Å²) >= 11 is 0. The largest absolute Gasteiger partial charge is 0.489 e. The number of hydrogen-bond donors (Lipinski definition) is 1. The monoisotopic (exact) mass is 417 g/mol. The highest BCUT2D eigenvalue weighted by Crippen LogP contribution is 2.19. The molecule has 8 heteroatoms. The van der Waals surface area contributed by atoms with E-state index in [4.69, 9.17) is 4.74 Å². The molecule has 0 unspecified atom stereocenters. The summed E-state index contributed by atoms with van der Waals surface area (Å²) in [5, 5.41) is 22.5. The van der Waals surface area contributed by atoms with Gasteiger partial charge in [0.15, 0.2) is 0 Å². The van der Waals surface area contributed by atoms with E-state index >= 15 is 0 Å². The molecule has 1 N–H and O–H groups in total. The molecule has 0 aliphatic rings. The number of benzene rings is 3. The Morgan fingerprint density at radius 2 is 1.77 bits per heavy atom. The lowest BCUT2D eigenvalue weighted by Crippen LogP contribution is -2.13. The van der Waals surface area contributed by atoms with Crippen LogP contribution in [0.25, 0.3) is 6.08 Å². The summed E-state index contributed by atoms with van der Waals surface area (Å²) in [4.78, 5) is 22.5.